The Morgan fingerprint density at radius 2 is 1.79 bits per heavy atom. The first-order valence-electron chi connectivity index (χ1n) is 6.78. The third-order valence-corrected chi connectivity index (χ3v) is 3.93. The fraction of sp³-hybridized carbons (Fsp3) is 0.714. The smallest absolute Gasteiger partial charge is 0.133 e. The van der Waals surface area contributed by atoms with Gasteiger partial charge in [0.25, 0.3) is 0 Å². The Balaban J connectivity index is 1.79. The van der Waals surface area contributed by atoms with Gasteiger partial charge in [0.2, 0.25) is 0 Å². The zero-order valence-corrected chi connectivity index (χ0v) is 11.2. The summed E-state index contributed by atoms with van der Waals surface area (Å²) in [6.45, 7) is 5.01. The Hall–Kier alpha value is -0.940. The van der Waals surface area contributed by atoms with Crippen LogP contribution in [0.15, 0.2) is 24.9 Å². The van der Waals surface area contributed by atoms with Crippen molar-refractivity contribution in [1.29, 1.82) is 0 Å². The molecule has 108 valence electrons. The molecule has 2 heterocycles. The molecule has 0 bridgehead atoms. The normalized spacial score (nSPS) is 36.5. The van der Waals surface area contributed by atoms with Crippen LogP contribution in [0.25, 0.3) is 0 Å². The van der Waals surface area contributed by atoms with Crippen molar-refractivity contribution < 1.29 is 14.0 Å². The fourth-order valence-electron chi connectivity index (χ4n) is 2.81. The Labute approximate surface area is 113 Å². The lowest BCUT2D eigenvalue weighted by molar-refractivity contribution is -0.0795. The summed E-state index contributed by atoms with van der Waals surface area (Å²) in [6, 6.07) is 0. The second-order valence-corrected chi connectivity index (χ2v) is 5.74. The summed E-state index contributed by atoms with van der Waals surface area (Å²) in [5.41, 5.74) is -2.53. The summed E-state index contributed by atoms with van der Waals surface area (Å²) < 4.78 is 28.3. The highest BCUT2D eigenvalue weighted by Gasteiger charge is 2.38. The quantitative estimate of drug-likeness (QED) is 0.780. The van der Waals surface area contributed by atoms with Crippen molar-refractivity contribution in [2.24, 2.45) is 0 Å². The van der Waals surface area contributed by atoms with Gasteiger partial charge in [-0.1, -0.05) is 12.2 Å². The molecule has 0 aromatic heterocycles. The van der Waals surface area contributed by atoms with E-state index in [-0.39, 0.29) is 13.0 Å². The molecule has 0 amide bonds. The average molecular weight is 272 g/mol. The highest BCUT2D eigenvalue weighted by molar-refractivity contribution is 5.01. The molecule has 19 heavy (non-hydrogen) atoms. The van der Waals surface area contributed by atoms with Gasteiger partial charge in [-0.15, -0.1) is 6.58 Å². The molecule has 2 aliphatic heterocycles. The summed E-state index contributed by atoms with van der Waals surface area (Å²) in [4.78, 5) is 1.89. The molecule has 0 saturated carbocycles. The summed E-state index contributed by atoms with van der Waals surface area (Å²) in [7, 11) is 0. The molecule has 0 radical (unpaired) electrons. The minimum absolute atomic E-state index is 0.0564. The molecule has 3 nitrogen and oxygen atoms in total. The Morgan fingerprint density at radius 3 is 2.42 bits per heavy atom. The lowest BCUT2D eigenvalue weighted by atomic mass is 10.0. The van der Waals surface area contributed by atoms with Gasteiger partial charge in [0.15, 0.2) is 0 Å². The second kappa shape index (κ2) is 5.59. The van der Waals surface area contributed by atoms with E-state index < -0.39 is 11.3 Å². The zero-order chi connectivity index (χ0) is 13.9. The van der Waals surface area contributed by atoms with Crippen LogP contribution in [0.1, 0.15) is 25.7 Å². The van der Waals surface area contributed by atoms with E-state index in [2.05, 4.69) is 6.58 Å². The van der Waals surface area contributed by atoms with Crippen molar-refractivity contribution in [3.05, 3.63) is 24.9 Å². The van der Waals surface area contributed by atoms with Crippen LogP contribution in [0.3, 0.4) is 0 Å². The number of hydrogen-bond donors (Lipinski definition) is 1. The third-order valence-electron chi connectivity index (χ3n) is 3.93. The van der Waals surface area contributed by atoms with Crippen LogP contribution < -0.4 is 0 Å². The topological polar surface area (TPSA) is 26.7 Å². The van der Waals surface area contributed by atoms with Crippen LogP contribution in [0.4, 0.5) is 8.78 Å². The molecule has 2 saturated heterocycles. The number of hydrogen-bond acceptors (Lipinski definition) is 3. The Morgan fingerprint density at radius 1 is 1.11 bits per heavy atom. The highest BCUT2D eigenvalue weighted by Crippen LogP contribution is 2.31. The number of likely N-dealkylation sites (tertiary alicyclic amines) is 1. The molecular formula is C14H22F2N2O. The first-order valence-corrected chi connectivity index (χ1v) is 6.78. The first kappa shape index (κ1) is 14.5. The molecule has 2 rings (SSSR count). The SMILES string of the molecule is C=CC[C@]1(F)CCN(/C=C/C[C@]2(F)CCN(O)C2)C1. The summed E-state index contributed by atoms with van der Waals surface area (Å²) in [6.07, 6.45) is 6.61. The van der Waals surface area contributed by atoms with Crippen LogP contribution in [0.2, 0.25) is 0 Å². The van der Waals surface area contributed by atoms with Gasteiger partial charge in [-0.05, 0) is 12.6 Å². The van der Waals surface area contributed by atoms with Gasteiger partial charge in [0.1, 0.15) is 11.3 Å². The van der Waals surface area contributed by atoms with Crippen LogP contribution in [-0.2, 0) is 0 Å². The molecule has 0 aromatic carbocycles. The van der Waals surface area contributed by atoms with Crippen molar-refractivity contribution in [1.82, 2.24) is 9.96 Å². The molecule has 2 aliphatic rings. The number of alkyl halides is 2. The van der Waals surface area contributed by atoms with Gasteiger partial charge < -0.3 is 10.1 Å². The van der Waals surface area contributed by atoms with Gasteiger partial charge in [0, 0.05) is 32.4 Å². The van der Waals surface area contributed by atoms with Gasteiger partial charge in [-0.25, -0.2) is 8.78 Å². The second-order valence-electron chi connectivity index (χ2n) is 5.74. The molecule has 0 aromatic rings. The van der Waals surface area contributed by atoms with Crippen molar-refractivity contribution in [2.45, 2.75) is 37.0 Å². The highest BCUT2D eigenvalue weighted by atomic mass is 19.1. The zero-order valence-electron chi connectivity index (χ0n) is 11.2. The minimum atomic E-state index is -1.35. The van der Waals surface area contributed by atoms with Crippen LogP contribution in [0, 0.1) is 0 Å². The molecule has 0 aliphatic carbocycles. The molecule has 0 unspecified atom stereocenters. The van der Waals surface area contributed by atoms with Gasteiger partial charge in [-0.2, -0.15) is 5.06 Å². The predicted molar refractivity (Wildman–Crippen MR) is 70.4 cm³/mol. The van der Waals surface area contributed by atoms with Crippen molar-refractivity contribution >= 4 is 0 Å². The Bertz CT molecular complexity index is 363. The van der Waals surface area contributed by atoms with Gasteiger partial charge >= 0.3 is 0 Å². The number of nitrogens with zero attached hydrogens (tertiary/aromatic N) is 2. The van der Waals surface area contributed by atoms with E-state index in [9.17, 15) is 14.0 Å². The van der Waals surface area contributed by atoms with Gasteiger partial charge in [0.05, 0.1) is 13.1 Å². The first-order chi connectivity index (χ1) is 8.95. The maximum atomic E-state index is 14.2. The summed E-state index contributed by atoms with van der Waals surface area (Å²) in [5.74, 6) is 0. The van der Waals surface area contributed by atoms with Crippen LogP contribution in [-0.4, -0.2) is 52.7 Å². The minimum Gasteiger partial charge on any atom is -0.374 e. The van der Waals surface area contributed by atoms with E-state index in [0.29, 0.717) is 38.9 Å². The van der Waals surface area contributed by atoms with E-state index in [1.165, 1.54) is 0 Å². The molecule has 2 atom stereocenters. The van der Waals surface area contributed by atoms with E-state index in [1.54, 1.807) is 18.4 Å². The van der Waals surface area contributed by atoms with Crippen LogP contribution >= 0.6 is 0 Å². The summed E-state index contributed by atoms with van der Waals surface area (Å²) >= 11 is 0. The monoisotopic (exact) mass is 272 g/mol. The van der Waals surface area contributed by atoms with Crippen molar-refractivity contribution in [3.8, 4) is 0 Å². The van der Waals surface area contributed by atoms with E-state index >= 15 is 0 Å². The third kappa shape index (κ3) is 3.76. The number of halogens is 2. The maximum absolute atomic E-state index is 14.2. The fourth-order valence-corrected chi connectivity index (χ4v) is 2.81. The number of hydroxylamine groups is 2. The molecule has 2 fully saturated rings. The molecule has 1 N–H and O–H groups in total. The van der Waals surface area contributed by atoms with Crippen LogP contribution in [0.5, 0.6) is 0 Å². The lowest BCUT2D eigenvalue weighted by Crippen LogP contribution is -2.27. The molecular weight excluding hydrogens is 250 g/mol. The van der Waals surface area contributed by atoms with E-state index in [0.717, 1.165) is 5.06 Å². The number of rotatable bonds is 5. The van der Waals surface area contributed by atoms with Crippen molar-refractivity contribution in [3.63, 3.8) is 0 Å². The van der Waals surface area contributed by atoms with E-state index in [4.69, 9.17) is 0 Å². The standard InChI is InChI=1S/C14H22F2N2O/c1-2-4-13(15)6-9-17(11-13)8-3-5-14(16)7-10-18(19)12-14/h2-3,8,19H,1,4-7,9-12H2/b8-3+/t13-,14-/m0/s1. The van der Waals surface area contributed by atoms with Gasteiger partial charge in [-0.3, -0.25) is 0 Å². The molecule has 0 spiro atoms. The lowest BCUT2D eigenvalue weighted by Gasteiger charge is -2.19. The van der Waals surface area contributed by atoms with E-state index in [1.807, 2.05) is 4.90 Å². The predicted octanol–water partition coefficient (Wildman–Crippen LogP) is 2.68. The molecule has 5 heteroatoms. The average Bonchev–Trinajstić information content (AvgIpc) is 2.84. The summed E-state index contributed by atoms with van der Waals surface area (Å²) in [5, 5.41) is 10.2. The maximum Gasteiger partial charge on any atom is 0.133 e. The largest absolute Gasteiger partial charge is 0.374 e. The Kier molecular flexibility index (Phi) is 4.26. The van der Waals surface area contributed by atoms with Crippen molar-refractivity contribution in [2.75, 3.05) is 26.2 Å². The number of allylic oxidation sites excluding steroid dienone is 2.